The average molecular weight is 345 g/mol. The van der Waals surface area contributed by atoms with Gasteiger partial charge in [0.1, 0.15) is 5.60 Å². The molecular weight excluding hydrogens is 325 g/mol. The maximum absolute atomic E-state index is 12.5. The second-order valence-corrected chi connectivity index (χ2v) is 7.64. The molecule has 0 aromatic carbocycles. The number of carbonyl (C=O) groups excluding carboxylic acids is 1. The summed E-state index contributed by atoms with van der Waals surface area (Å²) in [6.45, 7) is 5.07. The predicted octanol–water partition coefficient (Wildman–Crippen LogP) is 2.96. The molecule has 9 nitrogen and oxygen atoms in total. The number of carbonyl (C=O) groups is 1. The molecule has 10 heteroatoms. The molecule has 1 heterocycles. The van der Waals surface area contributed by atoms with Gasteiger partial charge >= 0.3 is 19.1 Å². The number of hydrogen-bond donors (Lipinski definition) is 1. The van der Waals surface area contributed by atoms with Crippen LogP contribution in [-0.2, 0) is 18.3 Å². The summed E-state index contributed by atoms with van der Waals surface area (Å²) in [7, 11) is -1.64. The van der Waals surface area contributed by atoms with Crippen LogP contribution < -0.4 is 5.32 Å². The van der Waals surface area contributed by atoms with Crippen molar-refractivity contribution in [2.45, 2.75) is 32.4 Å². The van der Waals surface area contributed by atoms with E-state index in [9.17, 15) is 14.9 Å². The van der Waals surface area contributed by atoms with Gasteiger partial charge in [-0.05, 0) is 26.8 Å². The lowest BCUT2D eigenvalue weighted by atomic mass is 10.1. The van der Waals surface area contributed by atoms with Gasteiger partial charge in [0.2, 0.25) is 0 Å². The number of amides is 1. The molecule has 0 spiro atoms. The zero-order chi connectivity index (χ0) is 17.7. The topological polar surface area (TPSA) is 123 Å². The van der Waals surface area contributed by atoms with Gasteiger partial charge in [-0.1, -0.05) is 0 Å². The van der Waals surface area contributed by atoms with Crippen molar-refractivity contribution in [2.24, 2.45) is 0 Å². The minimum Gasteiger partial charge on any atom is -0.472 e. The predicted molar refractivity (Wildman–Crippen MR) is 81.1 cm³/mol. The van der Waals surface area contributed by atoms with Gasteiger partial charge in [-0.2, -0.15) is 4.79 Å². The van der Waals surface area contributed by atoms with Crippen LogP contribution in [0.4, 0.5) is 4.79 Å². The number of alkyl carbamates (subject to hydrolysis) is 1. The summed E-state index contributed by atoms with van der Waals surface area (Å²) < 4.78 is 32.3. The normalized spacial score (nSPS) is 13.1. The Labute approximate surface area is 134 Å². The molecule has 0 aliphatic heterocycles. The van der Waals surface area contributed by atoms with Crippen molar-refractivity contribution in [3.8, 4) is 0 Å². The van der Waals surface area contributed by atoms with Crippen LogP contribution in [0.5, 0.6) is 0 Å². The summed E-state index contributed by atoms with van der Waals surface area (Å²) in [4.78, 5) is 15.0. The second-order valence-electron chi connectivity index (χ2n) is 5.46. The van der Waals surface area contributed by atoms with E-state index in [1.165, 1.54) is 18.6 Å². The Morgan fingerprint density at radius 2 is 2.00 bits per heavy atom. The van der Waals surface area contributed by atoms with Crippen LogP contribution in [0.1, 0.15) is 32.4 Å². The largest absolute Gasteiger partial charge is 0.472 e. The molecule has 0 aliphatic carbocycles. The lowest BCUT2D eigenvalue weighted by Gasteiger charge is -2.22. The Morgan fingerprint density at radius 1 is 1.39 bits per heavy atom. The number of nitrogens with one attached hydrogen (secondary N) is 1. The average Bonchev–Trinajstić information content (AvgIpc) is 2.98. The highest BCUT2D eigenvalue weighted by Gasteiger charge is 2.46. The summed E-state index contributed by atoms with van der Waals surface area (Å²) in [5, 5.41) is 2.46. The Bertz CT molecular complexity index is 623. The van der Waals surface area contributed by atoms with E-state index in [1.807, 2.05) is 0 Å². The molecular formula is C13H20N3O6P. The number of ether oxygens (including phenoxy) is 1. The molecule has 1 aromatic heterocycles. The fourth-order valence-electron chi connectivity index (χ4n) is 1.69. The Balaban J connectivity index is 3.19. The molecule has 1 amide bonds. The van der Waals surface area contributed by atoms with Crippen LogP contribution in [0, 0.1) is 0 Å². The minimum absolute atomic E-state index is 0.373. The summed E-state index contributed by atoms with van der Waals surface area (Å²) in [6, 6.07) is 0.377. The van der Waals surface area contributed by atoms with E-state index in [0.29, 0.717) is 5.56 Å². The molecule has 0 bridgehead atoms. The van der Waals surface area contributed by atoms with Crippen molar-refractivity contribution in [1.82, 2.24) is 5.32 Å². The molecule has 1 N–H and O–H groups in total. The van der Waals surface area contributed by atoms with Gasteiger partial charge in [0, 0.05) is 19.8 Å². The first-order valence-corrected chi connectivity index (χ1v) is 8.16. The van der Waals surface area contributed by atoms with Crippen molar-refractivity contribution in [3.63, 3.8) is 0 Å². The van der Waals surface area contributed by atoms with E-state index in [-0.39, 0.29) is 0 Å². The maximum Gasteiger partial charge on any atom is 0.439 e. The minimum atomic E-state index is -3.91. The molecule has 0 saturated heterocycles. The second kappa shape index (κ2) is 7.57. The van der Waals surface area contributed by atoms with E-state index >= 15 is 0 Å². The summed E-state index contributed by atoms with van der Waals surface area (Å²) in [5.41, 5.74) is 8.49. The third-order valence-corrected chi connectivity index (χ3v) is 4.53. The fourth-order valence-corrected chi connectivity index (χ4v) is 2.86. The Kier molecular flexibility index (Phi) is 6.29. The molecule has 0 unspecified atom stereocenters. The van der Waals surface area contributed by atoms with Gasteiger partial charge in [0.05, 0.1) is 12.5 Å². The molecule has 0 fully saturated rings. The Hall–Kier alpha value is -1.92. The number of hydrogen-bond acceptors (Lipinski definition) is 6. The number of rotatable bonds is 6. The van der Waals surface area contributed by atoms with Crippen molar-refractivity contribution < 1.29 is 32.4 Å². The third-order valence-electron chi connectivity index (χ3n) is 2.66. The van der Waals surface area contributed by atoms with Gasteiger partial charge in [-0.25, -0.2) is 9.36 Å². The van der Waals surface area contributed by atoms with Crippen molar-refractivity contribution in [3.05, 3.63) is 29.7 Å². The van der Waals surface area contributed by atoms with E-state index in [0.717, 1.165) is 14.2 Å². The zero-order valence-electron chi connectivity index (χ0n) is 13.6. The van der Waals surface area contributed by atoms with Crippen LogP contribution in [0.15, 0.2) is 23.0 Å². The first kappa shape index (κ1) is 19.1. The van der Waals surface area contributed by atoms with Crippen LogP contribution in [-0.4, -0.2) is 36.2 Å². The highest BCUT2D eigenvalue weighted by atomic mass is 31.2. The summed E-state index contributed by atoms with van der Waals surface area (Å²) >= 11 is 0. The van der Waals surface area contributed by atoms with Gasteiger partial charge in [0.15, 0.2) is 6.04 Å². The van der Waals surface area contributed by atoms with Gasteiger partial charge in [-0.15, -0.1) is 0 Å². The molecule has 128 valence electrons. The number of nitrogens with zero attached hydrogens (tertiary/aromatic N) is 2. The first-order chi connectivity index (χ1) is 10.7. The maximum atomic E-state index is 12.5. The lowest BCUT2D eigenvalue weighted by Crippen LogP contribution is -2.38. The highest BCUT2D eigenvalue weighted by molar-refractivity contribution is 7.72. The van der Waals surface area contributed by atoms with E-state index in [1.54, 1.807) is 20.8 Å². The molecule has 1 aromatic rings. The van der Waals surface area contributed by atoms with Crippen molar-refractivity contribution in [1.29, 1.82) is 0 Å². The molecule has 1 atom stereocenters. The van der Waals surface area contributed by atoms with E-state index in [4.69, 9.17) is 18.2 Å². The van der Waals surface area contributed by atoms with Gasteiger partial charge in [-0.3, -0.25) is 0 Å². The van der Waals surface area contributed by atoms with Gasteiger partial charge < -0.3 is 29.0 Å². The van der Waals surface area contributed by atoms with Crippen molar-refractivity contribution >= 4 is 19.1 Å². The lowest BCUT2D eigenvalue weighted by molar-refractivity contribution is -0.00975. The molecule has 23 heavy (non-hydrogen) atoms. The van der Waals surface area contributed by atoms with E-state index in [2.05, 4.69) is 10.1 Å². The van der Waals surface area contributed by atoms with Crippen LogP contribution in [0.25, 0.3) is 5.53 Å². The van der Waals surface area contributed by atoms with Crippen molar-refractivity contribution in [2.75, 3.05) is 14.2 Å². The monoisotopic (exact) mass is 345 g/mol. The standard InChI is InChI=1S/C13H20N3O6P/c1-13(2,3)22-12(17)15-10(9-6-7-21-8-9)11(16-14)23(18,19-4)20-5/h6-8,10H,1-5H3,(H,15,17)/t10-/m1/s1. The SMILES string of the molecule is COP(=O)(OC)C(=[N+]=[N-])[C@H](NC(=O)OC(C)(C)C)c1ccoc1. The van der Waals surface area contributed by atoms with Crippen LogP contribution in [0.3, 0.4) is 0 Å². The van der Waals surface area contributed by atoms with Crippen LogP contribution >= 0.6 is 7.60 Å². The summed E-state index contributed by atoms with van der Waals surface area (Å²) in [6.07, 6.45) is 1.84. The summed E-state index contributed by atoms with van der Waals surface area (Å²) in [5.74, 6) is 0. The van der Waals surface area contributed by atoms with Crippen LogP contribution in [0.2, 0.25) is 0 Å². The quantitative estimate of drug-likeness (QED) is 0.366. The fraction of sp³-hybridized carbons (Fsp3) is 0.538. The van der Waals surface area contributed by atoms with E-state index < -0.39 is 30.8 Å². The highest BCUT2D eigenvalue weighted by Crippen LogP contribution is 2.50. The molecule has 0 saturated carbocycles. The Morgan fingerprint density at radius 3 is 2.39 bits per heavy atom. The number of furan rings is 1. The zero-order valence-corrected chi connectivity index (χ0v) is 14.5. The molecule has 0 aliphatic rings. The smallest absolute Gasteiger partial charge is 0.439 e. The van der Waals surface area contributed by atoms with Gasteiger partial charge in [0.25, 0.3) is 0 Å². The third kappa shape index (κ3) is 5.04. The molecule has 1 rings (SSSR count). The molecule has 0 radical (unpaired) electrons. The first-order valence-electron chi connectivity index (χ1n) is 6.62.